The zero-order valence-electron chi connectivity index (χ0n) is 11.3. The Morgan fingerprint density at radius 2 is 1.90 bits per heavy atom. The third kappa shape index (κ3) is 2.81. The molecule has 2 aromatic rings. The molecule has 100 valence electrons. The predicted octanol–water partition coefficient (Wildman–Crippen LogP) is 2.06. The molecule has 0 aliphatic heterocycles. The zero-order chi connectivity index (χ0) is 14.7. The molecule has 0 N–H and O–H groups in total. The van der Waals surface area contributed by atoms with Crippen LogP contribution < -0.4 is 0 Å². The molecule has 2 rings (SSSR count). The Bertz CT molecular complexity index is 706. The van der Waals surface area contributed by atoms with Crippen molar-refractivity contribution < 1.29 is 9.59 Å². The highest BCUT2D eigenvalue weighted by atomic mass is 16.1. The molecule has 5 heteroatoms. The van der Waals surface area contributed by atoms with Crippen LogP contribution in [-0.4, -0.2) is 21.3 Å². The van der Waals surface area contributed by atoms with Crippen molar-refractivity contribution in [1.82, 2.24) is 9.78 Å². The number of nitrogens with zero attached hydrogens (tertiary/aromatic N) is 3. The van der Waals surface area contributed by atoms with Crippen molar-refractivity contribution in [2.75, 3.05) is 0 Å². The van der Waals surface area contributed by atoms with Gasteiger partial charge in [0.1, 0.15) is 0 Å². The molecule has 20 heavy (non-hydrogen) atoms. The standard InChI is InChI=1S/C15H13N3O2/c1-10-13(9-18(2)17-10)15(20)7-14(19)12-5-3-11(8-16)4-6-12/h3-6,9H,7H2,1-2H3. The fourth-order valence-electron chi connectivity index (χ4n) is 1.95. The molecule has 0 unspecified atom stereocenters. The molecule has 0 spiro atoms. The second kappa shape index (κ2) is 5.49. The number of nitriles is 1. The van der Waals surface area contributed by atoms with Gasteiger partial charge in [0.05, 0.1) is 29.3 Å². The van der Waals surface area contributed by atoms with Gasteiger partial charge in [-0.1, -0.05) is 12.1 Å². The lowest BCUT2D eigenvalue weighted by atomic mass is 10.0. The number of carbonyl (C=O) groups is 2. The van der Waals surface area contributed by atoms with E-state index in [9.17, 15) is 9.59 Å². The normalized spacial score (nSPS) is 10.1. The van der Waals surface area contributed by atoms with Gasteiger partial charge in [-0.2, -0.15) is 10.4 Å². The van der Waals surface area contributed by atoms with Gasteiger partial charge in [-0.05, 0) is 19.1 Å². The van der Waals surface area contributed by atoms with Crippen molar-refractivity contribution in [3.63, 3.8) is 0 Å². The first kappa shape index (κ1) is 13.7. The van der Waals surface area contributed by atoms with Crippen LogP contribution in [0, 0.1) is 18.3 Å². The Kier molecular flexibility index (Phi) is 3.76. The summed E-state index contributed by atoms with van der Waals surface area (Å²) in [6.45, 7) is 1.74. The fourth-order valence-corrected chi connectivity index (χ4v) is 1.95. The SMILES string of the molecule is Cc1nn(C)cc1C(=O)CC(=O)c1ccc(C#N)cc1. The number of rotatable bonds is 4. The van der Waals surface area contributed by atoms with Gasteiger partial charge in [0.2, 0.25) is 0 Å². The van der Waals surface area contributed by atoms with Gasteiger partial charge < -0.3 is 0 Å². The fraction of sp³-hybridized carbons (Fsp3) is 0.200. The van der Waals surface area contributed by atoms with Crippen LogP contribution in [0.5, 0.6) is 0 Å². The van der Waals surface area contributed by atoms with Crippen molar-refractivity contribution in [2.24, 2.45) is 7.05 Å². The van der Waals surface area contributed by atoms with E-state index in [0.29, 0.717) is 22.4 Å². The maximum absolute atomic E-state index is 12.1. The van der Waals surface area contributed by atoms with Crippen LogP contribution in [0.1, 0.15) is 38.4 Å². The van der Waals surface area contributed by atoms with E-state index < -0.39 is 0 Å². The minimum atomic E-state index is -0.261. The number of Topliss-reactive ketones (excluding diaryl/α,β-unsaturated/α-hetero) is 2. The Hall–Kier alpha value is -2.74. The van der Waals surface area contributed by atoms with Crippen LogP contribution in [0.4, 0.5) is 0 Å². The molecular formula is C15H13N3O2. The van der Waals surface area contributed by atoms with E-state index in [2.05, 4.69) is 5.10 Å². The first-order valence-corrected chi connectivity index (χ1v) is 6.08. The summed E-state index contributed by atoms with van der Waals surface area (Å²) in [4.78, 5) is 24.1. The maximum Gasteiger partial charge on any atom is 0.174 e. The maximum atomic E-state index is 12.1. The largest absolute Gasteiger partial charge is 0.294 e. The summed E-state index contributed by atoms with van der Waals surface area (Å²) in [5, 5.41) is 12.8. The van der Waals surface area contributed by atoms with Crippen LogP contribution in [0.2, 0.25) is 0 Å². The van der Waals surface area contributed by atoms with E-state index >= 15 is 0 Å². The van der Waals surface area contributed by atoms with Gasteiger partial charge in [-0.15, -0.1) is 0 Å². The number of carbonyl (C=O) groups excluding carboxylic acids is 2. The van der Waals surface area contributed by atoms with Crippen molar-refractivity contribution in [1.29, 1.82) is 5.26 Å². The molecule has 0 aliphatic rings. The number of aryl methyl sites for hydroxylation is 2. The van der Waals surface area contributed by atoms with Crippen LogP contribution in [0.25, 0.3) is 0 Å². The van der Waals surface area contributed by atoms with Crippen molar-refractivity contribution in [3.8, 4) is 6.07 Å². The molecule has 1 aromatic carbocycles. The molecule has 0 amide bonds. The highest BCUT2D eigenvalue weighted by Crippen LogP contribution is 2.12. The smallest absolute Gasteiger partial charge is 0.174 e. The summed E-state index contributed by atoms with van der Waals surface area (Å²) >= 11 is 0. The van der Waals surface area contributed by atoms with Crippen molar-refractivity contribution >= 4 is 11.6 Å². The number of ketones is 2. The molecular weight excluding hydrogens is 254 g/mol. The lowest BCUT2D eigenvalue weighted by molar-refractivity contribution is 0.0894. The van der Waals surface area contributed by atoms with Gasteiger partial charge in [-0.3, -0.25) is 14.3 Å². The number of hydrogen-bond donors (Lipinski definition) is 0. The van der Waals surface area contributed by atoms with E-state index in [4.69, 9.17) is 5.26 Å². The van der Waals surface area contributed by atoms with Gasteiger partial charge in [0.15, 0.2) is 11.6 Å². The Morgan fingerprint density at radius 1 is 1.25 bits per heavy atom. The minimum Gasteiger partial charge on any atom is -0.294 e. The highest BCUT2D eigenvalue weighted by molar-refractivity contribution is 6.13. The Labute approximate surface area is 116 Å². The monoisotopic (exact) mass is 267 g/mol. The van der Waals surface area contributed by atoms with E-state index in [1.807, 2.05) is 6.07 Å². The third-order valence-electron chi connectivity index (χ3n) is 2.97. The summed E-state index contributed by atoms with van der Waals surface area (Å²) in [6, 6.07) is 8.23. The summed E-state index contributed by atoms with van der Waals surface area (Å²) in [7, 11) is 1.73. The van der Waals surface area contributed by atoms with Crippen LogP contribution in [0.15, 0.2) is 30.5 Å². The van der Waals surface area contributed by atoms with Crippen LogP contribution >= 0.6 is 0 Å². The summed E-state index contributed by atoms with van der Waals surface area (Å²) in [5.74, 6) is -0.507. The summed E-state index contributed by atoms with van der Waals surface area (Å²) in [6.07, 6.45) is 1.42. The summed E-state index contributed by atoms with van der Waals surface area (Å²) in [5.41, 5.74) is 1.99. The molecule has 1 heterocycles. The average molecular weight is 267 g/mol. The molecule has 0 radical (unpaired) electrons. The Balaban J connectivity index is 2.13. The molecule has 0 saturated heterocycles. The third-order valence-corrected chi connectivity index (χ3v) is 2.97. The topological polar surface area (TPSA) is 75.8 Å². The van der Waals surface area contributed by atoms with Crippen LogP contribution in [-0.2, 0) is 7.05 Å². The van der Waals surface area contributed by atoms with Gasteiger partial charge in [0, 0.05) is 18.8 Å². The van der Waals surface area contributed by atoms with E-state index in [1.165, 1.54) is 0 Å². The number of aromatic nitrogens is 2. The molecule has 0 fully saturated rings. The first-order chi connectivity index (χ1) is 9.51. The molecule has 5 nitrogen and oxygen atoms in total. The van der Waals surface area contributed by atoms with Crippen molar-refractivity contribution in [2.45, 2.75) is 13.3 Å². The van der Waals surface area contributed by atoms with E-state index in [1.54, 1.807) is 49.1 Å². The van der Waals surface area contributed by atoms with Gasteiger partial charge in [0.25, 0.3) is 0 Å². The van der Waals surface area contributed by atoms with Gasteiger partial charge in [-0.25, -0.2) is 0 Å². The van der Waals surface area contributed by atoms with Crippen molar-refractivity contribution in [3.05, 3.63) is 52.8 Å². The number of hydrogen-bond acceptors (Lipinski definition) is 4. The van der Waals surface area contributed by atoms with Gasteiger partial charge >= 0.3 is 0 Å². The van der Waals surface area contributed by atoms with E-state index in [0.717, 1.165) is 0 Å². The zero-order valence-corrected chi connectivity index (χ0v) is 11.3. The molecule has 0 saturated carbocycles. The van der Waals surface area contributed by atoms with E-state index in [-0.39, 0.29) is 18.0 Å². The minimum absolute atomic E-state index is 0.196. The highest BCUT2D eigenvalue weighted by Gasteiger charge is 2.17. The lowest BCUT2D eigenvalue weighted by Gasteiger charge is -2.00. The first-order valence-electron chi connectivity index (χ1n) is 6.08. The molecule has 1 aromatic heterocycles. The average Bonchev–Trinajstić information content (AvgIpc) is 2.78. The second-order valence-corrected chi connectivity index (χ2v) is 4.51. The lowest BCUT2D eigenvalue weighted by Crippen LogP contribution is -2.09. The Morgan fingerprint density at radius 3 is 2.40 bits per heavy atom. The predicted molar refractivity (Wildman–Crippen MR) is 72.4 cm³/mol. The summed E-state index contributed by atoms with van der Waals surface area (Å²) < 4.78 is 1.55. The van der Waals surface area contributed by atoms with Crippen LogP contribution in [0.3, 0.4) is 0 Å². The quantitative estimate of drug-likeness (QED) is 0.627. The number of benzene rings is 1. The molecule has 0 atom stereocenters. The molecule has 0 bridgehead atoms. The molecule has 0 aliphatic carbocycles. The second-order valence-electron chi connectivity index (χ2n) is 4.51.